The van der Waals surface area contributed by atoms with E-state index in [1.165, 1.54) is 12.0 Å². The maximum absolute atomic E-state index is 12.9. The molecule has 1 saturated heterocycles. The van der Waals surface area contributed by atoms with E-state index < -0.39 is 18.7 Å². The van der Waals surface area contributed by atoms with Crippen LogP contribution in [0.4, 0.5) is 4.79 Å². The summed E-state index contributed by atoms with van der Waals surface area (Å²) in [6.07, 6.45) is 2.65. The fourth-order valence-electron chi connectivity index (χ4n) is 4.97. The van der Waals surface area contributed by atoms with E-state index in [2.05, 4.69) is 22.8 Å². The summed E-state index contributed by atoms with van der Waals surface area (Å²) in [6.45, 7) is 0.0246. The van der Waals surface area contributed by atoms with Crippen molar-refractivity contribution in [2.24, 2.45) is 0 Å². The Hall–Kier alpha value is -3.39. The van der Waals surface area contributed by atoms with E-state index in [1.807, 2.05) is 24.3 Å². The Morgan fingerprint density at radius 3 is 2.42 bits per heavy atom. The standard InChI is InChI=1S/C25H29N3O5/c1-33-21-10-6-5-9-19(21)22(30)26-16-25(17-7-3-2-4-8-17)13-11-18(12-14-25)28-23(31)20(15-29)27-24(28)32/h2-10,18,20,29H,11-16H2,1H3,(H,26,30)(H,27,32)/t18-,20-,25-/m0/s1. The van der Waals surface area contributed by atoms with E-state index in [9.17, 15) is 19.5 Å². The largest absolute Gasteiger partial charge is 0.496 e. The second-order valence-electron chi connectivity index (χ2n) is 8.65. The summed E-state index contributed by atoms with van der Waals surface area (Å²) < 4.78 is 5.32. The summed E-state index contributed by atoms with van der Waals surface area (Å²) in [6, 6.07) is 15.6. The first-order valence-corrected chi connectivity index (χ1v) is 11.2. The Balaban J connectivity index is 1.51. The van der Waals surface area contributed by atoms with Crippen molar-refractivity contribution in [1.82, 2.24) is 15.5 Å². The first-order chi connectivity index (χ1) is 16.0. The molecule has 33 heavy (non-hydrogen) atoms. The number of aliphatic hydroxyl groups is 1. The van der Waals surface area contributed by atoms with E-state index in [0.717, 1.165) is 5.56 Å². The molecule has 174 valence electrons. The fourth-order valence-corrected chi connectivity index (χ4v) is 4.97. The van der Waals surface area contributed by atoms with Gasteiger partial charge >= 0.3 is 6.03 Å². The topological polar surface area (TPSA) is 108 Å². The van der Waals surface area contributed by atoms with Gasteiger partial charge in [-0.3, -0.25) is 14.5 Å². The number of methoxy groups -OCH3 is 1. The first kappa shape index (κ1) is 22.8. The number of nitrogens with zero attached hydrogens (tertiary/aromatic N) is 1. The van der Waals surface area contributed by atoms with E-state index in [0.29, 0.717) is 43.5 Å². The van der Waals surface area contributed by atoms with Crippen LogP contribution in [0.1, 0.15) is 41.6 Å². The molecule has 2 aromatic rings. The maximum atomic E-state index is 12.9. The van der Waals surface area contributed by atoms with Gasteiger partial charge in [0.25, 0.3) is 11.8 Å². The van der Waals surface area contributed by atoms with E-state index in [-0.39, 0.29) is 23.3 Å². The molecule has 0 bridgehead atoms. The maximum Gasteiger partial charge on any atom is 0.325 e. The molecule has 1 aliphatic heterocycles. The lowest BCUT2D eigenvalue weighted by Crippen LogP contribution is -2.49. The van der Waals surface area contributed by atoms with Crippen molar-refractivity contribution in [3.63, 3.8) is 0 Å². The van der Waals surface area contributed by atoms with E-state index in [4.69, 9.17) is 4.74 Å². The van der Waals surface area contributed by atoms with Gasteiger partial charge in [0.05, 0.1) is 19.3 Å². The number of amides is 4. The summed E-state index contributed by atoms with van der Waals surface area (Å²) in [7, 11) is 1.54. The highest BCUT2D eigenvalue weighted by Gasteiger charge is 2.45. The Labute approximate surface area is 192 Å². The molecule has 1 aliphatic carbocycles. The minimum atomic E-state index is -0.863. The normalized spacial score (nSPS) is 25.0. The average Bonchev–Trinajstić information content (AvgIpc) is 3.16. The van der Waals surface area contributed by atoms with E-state index in [1.54, 1.807) is 18.2 Å². The molecule has 4 amide bonds. The summed E-state index contributed by atoms with van der Waals surface area (Å²) in [5.74, 6) is -0.0570. The lowest BCUT2D eigenvalue weighted by molar-refractivity contribution is -0.130. The van der Waals surface area contributed by atoms with Gasteiger partial charge in [-0.1, -0.05) is 42.5 Å². The Morgan fingerprint density at radius 1 is 1.12 bits per heavy atom. The Morgan fingerprint density at radius 2 is 1.79 bits per heavy atom. The first-order valence-electron chi connectivity index (χ1n) is 11.2. The molecular formula is C25H29N3O5. The van der Waals surface area contributed by atoms with Gasteiger partial charge in [0.1, 0.15) is 11.8 Å². The predicted octanol–water partition coefficient (Wildman–Crippen LogP) is 2.22. The van der Waals surface area contributed by atoms with E-state index >= 15 is 0 Å². The zero-order chi connectivity index (χ0) is 23.4. The van der Waals surface area contributed by atoms with Gasteiger partial charge in [-0.25, -0.2) is 4.79 Å². The minimum absolute atomic E-state index is 0.204. The zero-order valence-electron chi connectivity index (χ0n) is 18.6. The second kappa shape index (κ2) is 9.62. The van der Waals surface area contributed by atoms with Gasteiger partial charge in [-0.2, -0.15) is 0 Å². The quantitative estimate of drug-likeness (QED) is 0.560. The molecule has 1 atom stereocenters. The van der Waals surface area contributed by atoms with Crippen LogP contribution in [0, 0.1) is 0 Å². The molecule has 1 heterocycles. The Kier molecular flexibility index (Phi) is 6.65. The lowest BCUT2D eigenvalue weighted by atomic mass is 9.68. The SMILES string of the molecule is COc1ccccc1C(=O)NC[C@]1(c2ccccc2)CC[C@H](N2C(=O)N[C@@H](CO)C2=O)CC1. The van der Waals surface area contributed by atoms with Gasteiger partial charge in [-0.15, -0.1) is 0 Å². The number of carbonyl (C=O) groups is 3. The smallest absolute Gasteiger partial charge is 0.325 e. The van der Waals surface area contributed by atoms with Crippen LogP contribution in [-0.4, -0.2) is 60.2 Å². The molecular weight excluding hydrogens is 422 g/mol. The third-order valence-corrected chi connectivity index (χ3v) is 6.84. The van der Waals surface area contributed by atoms with Crippen molar-refractivity contribution in [3.8, 4) is 5.75 Å². The zero-order valence-corrected chi connectivity index (χ0v) is 18.6. The van der Waals surface area contributed by atoms with Crippen LogP contribution in [0.15, 0.2) is 54.6 Å². The van der Waals surface area contributed by atoms with Crippen LogP contribution in [-0.2, 0) is 10.2 Å². The highest BCUT2D eigenvalue weighted by atomic mass is 16.5. The van der Waals surface area contributed by atoms with Crippen molar-refractivity contribution in [1.29, 1.82) is 0 Å². The highest BCUT2D eigenvalue weighted by molar-refractivity contribution is 6.04. The number of aliphatic hydroxyl groups excluding tert-OH is 1. The molecule has 4 rings (SSSR count). The monoisotopic (exact) mass is 451 g/mol. The fraction of sp³-hybridized carbons (Fsp3) is 0.400. The average molecular weight is 452 g/mol. The van der Waals surface area contributed by atoms with Crippen LogP contribution in [0.3, 0.4) is 0 Å². The van der Waals surface area contributed by atoms with Gasteiger partial charge in [0.2, 0.25) is 0 Å². The highest BCUT2D eigenvalue weighted by Crippen LogP contribution is 2.41. The van der Waals surface area contributed by atoms with Crippen molar-refractivity contribution in [3.05, 3.63) is 65.7 Å². The number of hydrogen-bond acceptors (Lipinski definition) is 5. The number of para-hydroxylation sites is 1. The molecule has 0 radical (unpaired) electrons. The minimum Gasteiger partial charge on any atom is -0.496 e. The third-order valence-electron chi connectivity index (χ3n) is 6.84. The van der Waals surface area contributed by atoms with Crippen LogP contribution in [0.5, 0.6) is 5.75 Å². The molecule has 3 N–H and O–H groups in total. The summed E-state index contributed by atoms with van der Waals surface area (Å²) in [5, 5.41) is 15.0. The molecule has 0 aromatic heterocycles. The summed E-state index contributed by atoms with van der Waals surface area (Å²) >= 11 is 0. The van der Waals surface area contributed by atoms with Crippen LogP contribution >= 0.6 is 0 Å². The molecule has 0 spiro atoms. The molecule has 2 aliphatic rings. The lowest BCUT2D eigenvalue weighted by Gasteiger charge is -2.42. The Bertz CT molecular complexity index is 1020. The number of hydrogen-bond donors (Lipinski definition) is 3. The molecule has 1 saturated carbocycles. The van der Waals surface area contributed by atoms with Gasteiger partial charge in [-0.05, 0) is 43.4 Å². The van der Waals surface area contributed by atoms with Crippen molar-refractivity contribution >= 4 is 17.8 Å². The molecule has 8 nitrogen and oxygen atoms in total. The number of benzene rings is 2. The number of ether oxygens (including phenoxy) is 1. The van der Waals surface area contributed by atoms with Gasteiger partial charge in [0, 0.05) is 18.0 Å². The van der Waals surface area contributed by atoms with Crippen LogP contribution < -0.4 is 15.4 Å². The number of carbonyl (C=O) groups excluding carboxylic acids is 3. The molecule has 2 fully saturated rings. The molecule has 2 aromatic carbocycles. The van der Waals surface area contributed by atoms with Crippen LogP contribution in [0.2, 0.25) is 0 Å². The molecule has 8 heteroatoms. The number of imide groups is 1. The summed E-state index contributed by atoms with van der Waals surface area (Å²) in [5.41, 5.74) is 1.28. The summed E-state index contributed by atoms with van der Waals surface area (Å²) in [4.78, 5) is 39.1. The second-order valence-corrected chi connectivity index (χ2v) is 8.65. The number of nitrogens with one attached hydrogen (secondary N) is 2. The number of urea groups is 1. The van der Waals surface area contributed by atoms with Gasteiger partial charge < -0.3 is 20.5 Å². The van der Waals surface area contributed by atoms with Gasteiger partial charge in [0.15, 0.2) is 0 Å². The van der Waals surface area contributed by atoms with Crippen molar-refractivity contribution in [2.75, 3.05) is 20.3 Å². The third kappa shape index (κ3) is 4.43. The number of rotatable bonds is 7. The molecule has 0 unspecified atom stereocenters. The predicted molar refractivity (Wildman–Crippen MR) is 122 cm³/mol. The van der Waals surface area contributed by atoms with Crippen molar-refractivity contribution in [2.45, 2.75) is 43.2 Å². The van der Waals surface area contributed by atoms with Crippen LogP contribution in [0.25, 0.3) is 0 Å². The van der Waals surface area contributed by atoms with Crippen molar-refractivity contribution < 1.29 is 24.2 Å².